The maximum Gasteiger partial charge on any atom is 0.433 e. The number of para-hydroxylation sites is 1. The van der Waals surface area contributed by atoms with Crippen LogP contribution in [0.2, 0.25) is 0 Å². The molecule has 0 amide bonds. The molecule has 1 aromatic heterocycles. The van der Waals surface area contributed by atoms with Gasteiger partial charge in [-0.25, -0.2) is 0 Å². The van der Waals surface area contributed by atoms with Gasteiger partial charge in [0.15, 0.2) is 5.76 Å². The Morgan fingerprint density at radius 3 is 2.29 bits per heavy atom. The summed E-state index contributed by atoms with van der Waals surface area (Å²) in [4.78, 5) is 10.1. The SMILES string of the molecule is O=[N+]([O-])c1ccc(C=NN(Cc2ccccc2)c2ccccc2)o1. The molecule has 0 radical (unpaired) electrons. The van der Waals surface area contributed by atoms with E-state index in [1.807, 2.05) is 65.7 Å². The van der Waals surface area contributed by atoms with Crippen LogP contribution in [-0.2, 0) is 6.54 Å². The van der Waals surface area contributed by atoms with Crippen LogP contribution in [-0.4, -0.2) is 11.1 Å². The molecule has 0 fully saturated rings. The van der Waals surface area contributed by atoms with Crippen LogP contribution in [0.4, 0.5) is 11.6 Å². The van der Waals surface area contributed by atoms with Crippen LogP contribution in [0.3, 0.4) is 0 Å². The third-order valence-corrected chi connectivity index (χ3v) is 3.35. The second kappa shape index (κ2) is 7.23. The van der Waals surface area contributed by atoms with Crippen molar-refractivity contribution in [3.8, 4) is 0 Å². The van der Waals surface area contributed by atoms with E-state index >= 15 is 0 Å². The molecule has 120 valence electrons. The molecule has 0 unspecified atom stereocenters. The van der Waals surface area contributed by atoms with Crippen LogP contribution in [0.15, 0.2) is 82.3 Å². The Morgan fingerprint density at radius 1 is 1.00 bits per heavy atom. The van der Waals surface area contributed by atoms with E-state index in [0.717, 1.165) is 11.3 Å². The summed E-state index contributed by atoms with van der Waals surface area (Å²) in [5.74, 6) is 0.0291. The van der Waals surface area contributed by atoms with Gasteiger partial charge in [0, 0.05) is 0 Å². The molecule has 0 saturated carbocycles. The first-order chi connectivity index (χ1) is 11.7. The van der Waals surface area contributed by atoms with E-state index in [1.165, 1.54) is 18.3 Å². The van der Waals surface area contributed by atoms with Crippen LogP contribution < -0.4 is 5.01 Å². The summed E-state index contributed by atoms with van der Waals surface area (Å²) in [6, 6.07) is 22.5. The van der Waals surface area contributed by atoms with Gasteiger partial charge >= 0.3 is 5.88 Å². The summed E-state index contributed by atoms with van der Waals surface area (Å²) < 4.78 is 5.11. The Balaban J connectivity index is 1.84. The number of benzene rings is 2. The highest BCUT2D eigenvalue weighted by Crippen LogP contribution is 2.18. The zero-order valence-electron chi connectivity index (χ0n) is 12.8. The Bertz CT molecular complexity index is 829. The van der Waals surface area contributed by atoms with Gasteiger partial charge in [0.25, 0.3) is 0 Å². The molecule has 0 aliphatic carbocycles. The van der Waals surface area contributed by atoms with E-state index in [1.54, 1.807) is 0 Å². The molecule has 2 aromatic carbocycles. The lowest BCUT2D eigenvalue weighted by Crippen LogP contribution is -2.15. The van der Waals surface area contributed by atoms with Gasteiger partial charge in [0.2, 0.25) is 0 Å². The number of hydrazone groups is 1. The fraction of sp³-hybridized carbons (Fsp3) is 0.0556. The summed E-state index contributed by atoms with van der Waals surface area (Å²) in [7, 11) is 0. The summed E-state index contributed by atoms with van der Waals surface area (Å²) >= 11 is 0. The topological polar surface area (TPSA) is 71.9 Å². The minimum absolute atomic E-state index is 0.300. The molecule has 6 nitrogen and oxygen atoms in total. The number of nitro groups is 1. The molecule has 0 spiro atoms. The van der Waals surface area contributed by atoms with Crippen LogP contribution in [0, 0.1) is 10.1 Å². The minimum atomic E-state index is -0.573. The van der Waals surface area contributed by atoms with E-state index in [9.17, 15) is 10.1 Å². The lowest BCUT2D eigenvalue weighted by molar-refractivity contribution is -0.402. The Morgan fingerprint density at radius 2 is 1.67 bits per heavy atom. The highest BCUT2D eigenvalue weighted by atomic mass is 16.6. The predicted molar refractivity (Wildman–Crippen MR) is 92.0 cm³/mol. The van der Waals surface area contributed by atoms with E-state index in [2.05, 4.69) is 5.10 Å². The molecule has 0 atom stereocenters. The smallest absolute Gasteiger partial charge is 0.400 e. The number of furan rings is 1. The molecule has 3 aromatic rings. The molecule has 3 rings (SSSR count). The fourth-order valence-electron chi connectivity index (χ4n) is 2.19. The van der Waals surface area contributed by atoms with E-state index in [-0.39, 0.29) is 5.88 Å². The Kier molecular flexibility index (Phi) is 4.67. The van der Waals surface area contributed by atoms with Gasteiger partial charge in [0.05, 0.1) is 24.5 Å². The van der Waals surface area contributed by atoms with Gasteiger partial charge < -0.3 is 4.42 Å². The molecule has 0 aliphatic heterocycles. The summed E-state index contributed by atoms with van der Waals surface area (Å²) in [6.45, 7) is 0.574. The van der Waals surface area contributed by atoms with Crippen LogP contribution >= 0.6 is 0 Å². The standard InChI is InChI=1S/C18H15N3O3/c22-21(23)18-12-11-17(24-18)13-19-20(16-9-5-2-6-10-16)14-15-7-3-1-4-8-15/h1-13H,14H2. The highest BCUT2D eigenvalue weighted by Gasteiger charge is 2.11. The monoisotopic (exact) mass is 321 g/mol. The van der Waals surface area contributed by atoms with Gasteiger partial charge in [-0.15, -0.1) is 0 Å². The molecule has 0 aliphatic rings. The third-order valence-electron chi connectivity index (χ3n) is 3.35. The zero-order chi connectivity index (χ0) is 16.8. The lowest BCUT2D eigenvalue weighted by atomic mass is 10.2. The molecule has 24 heavy (non-hydrogen) atoms. The van der Waals surface area contributed by atoms with E-state index < -0.39 is 4.92 Å². The molecular formula is C18H15N3O3. The largest absolute Gasteiger partial charge is 0.433 e. The van der Waals surface area contributed by atoms with Crippen LogP contribution in [0.1, 0.15) is 11.3 Å². The van der Waals surface area contributed by atoms with Crippen molar-refractivity contribution in [2.24, 2.45) is 5.10 Å². The summed E-state index contributed by atoms with van der Waals surface area (Å²) in [5, 5.41) is 16.9. The first kappa shape index (κ1) is 15.5. The van der Waals surface area contributed by atoms with E-state index in [4.69, 9.17) is 4.42 Å². The number of hydrogen-bond donors (Lipinski definition) is 0. The number of rotatable bonds is 6. The van der Waals surface area contributed by atoms with Crippen molar-refractivity contribution in [1.29, 1.82) is 0 Å². The lowest BCUT2D eigenvalue weighted by Gasteiger charge is -2.19. The van der Waals surface area contributed by atoms with Gasteiger partial charge in [-0.05, 0) is 23.8 Å². The molecular weight excluding hydrogens is 306 g/mol. The number of anilines is 1. The normalized spacial score (nSPS) is 10.8. The Labute approximate surface area is 138 Å². The second-order valence-corrected chi connectivity index (χ2v) is 5.06. The van der Waals surface area contributed by atoms with Crippen molar-refractivity contribution in [2.45, 2.75) is 6.54 Å². The highest BCUT2D eigenvalue weighted by molar-refractivity contribution is 5.77. The summed E-state index contributed by atoms with van der Waals surface area (Å²) in [5.41, 5.74) is 2.02. The molecule has 6 heteroatoms. The van der Waals surface area contributed by atoms with Crippen molar-refractivity contribution in [1.82, 2.24) is 0 Å². The first-order valence-electron chi connectivity index (χ1n) is 7.37. The summed E-state index contributed by atoms with van der Waals surface area (Å²) in [6.07, 6.45) is 1.48. The maximum atomic E-state index is 10.7. The fourth-order valence-corrected chi connectivity index (χ4v) is 2.19. The molecule has 0 saturated heterocycles. The van der Waals surface area contributed by atoms with Crippen LogP contribution in [0.25, 0.3) is 0 Å². The number of hydrogen-bond acceptors (Lipinski definition) is 5. The quantitative estimate of drug-likeness (QED) is 0.387. The van der Waals surface area contributed by atoms with Crippen molar-refractivity contribution in [3.05, 3.63) is 94.2 Å². The van der Waals surface area contributed by atoms with Gasteiger partial charge in [-0.2, -0.15) is 5.10 Å². The van der Waals surface area contributed by atoms with Crippen LogP contribution in [0.5, 0.6) is 0 Å². The molecule has 0 bridgehead atoms. The van der Waals surface area contributed by atoms with E-state index in [0.29, 0.717) is 12.3 Å². The van der Waals surface area contributed by atoms with Gasteiger partial charge in [-0.3, -0.25) is 15.1 Å². The van der Waals surface area contributed by atoms with Crippen molar-refractivity contribution in [3.63, 3.8) is 0 Å². The van der Waals surface area contributed by atoms with Crippen molar-refractivity contribution in [2.75, 3.05) is 5.01 Å². The van der Waals surface area contributed by atoms with Crippen molar-refractivity contribution < 1.29 is 9.34 Å². The molecule has 0 N–H and O–H groups in total. The van der Waals surface area contributed by atoms with Gasteiger partial charge in [0.1, 0.15) is 4.92 Å². The zero-order valence-corrected chi connectivity index (χ0v) is 12.8. The molecule has 1 heterocycles. The average Bonchev–Trinajstić information content (AvgIpc) is 3.09. The van der Waals surface area contributed by atoms with Gasteiger partial charge in [-0.1, -0.05) is 48.5 Å². The second-order valence-electron chi connectivity index (χ2n) is 5.06. The third kappa shape index (κ3) is 3.86. The maximum absolute atomic E-state index is 10.7. The minimum Gasteiger partial charge on any atom is -0.400 e. The average molecular weight is 321 g/mol. The number of nitrogens with zero attached hydrogens (tertiary/aromatic N) is 3. The van der Waals surface area contributed by atoms with Crippen molar-refractivity contribution >= 4 is 17.8 Å². The predicted octanol–water partition coefficient (Wildman–Crippen LogP) is 4.23. The Hall–Kier alpha value is -3.41. The first-order valence-corrected chi connectivity index (χ1v) is 7.37.